The highest BCUT2D eigenvalue weighted by molar-refractivity contribution is 8.01. The number of benzene rings is 1. The van der Waals surface area contributed by atoms with Gasteiger partial charge in [0.05, 0.1) is 29.8 Å². The number of para-hydroxylation sites is 1. The number of thioether (sulfide) groups is 1. The van der Waals surface area contributed by atoms with Crippen LogP contribution in [-0.4, -0.2) is 29.6 Å². The molecule has 0 aliphatic heterocycles. The maximum Gasteiger partial charge on any atom is 0.253 e. The van der Waals surface area contributed by atoms with Gasteiger partial charge < -0.3 is 14.6 Å². The molecule has 0 saturated heterocycles. The monoisotopic (exact) mass is 401 g/mol. The number of hydrogen-bond acceptors (Lipinski definition) is 6. The van der Waals surface area contributed by atoms with E-state index in [4.69, 9.17) is 4.42 Å². The smallest absolute Gasteiger partial charge is 0.253 e. The number of anilines is 1. The van der Waals surface area contributed by atoms with Crippen LogP contribution in [0.2, 0.25) is 0 Å². The molecule has 2 amide bonds. The van der Waals surface area contributed by atoms with Crippen LogP contribution in [0, 0.1) is 6.92 Å². The van der Waals surface area contributed by atoms with Gasteiger partial charge in [-0.3, -0.25) is 9.59 Å². The van der Waals surface area contributed by atoms with Crippen molar-refractivity contribution in [3.63, 3.8) is 0 Å². The lowest BCUT2D eigenvalue weighted by Gasteiger charge is -2.20. The third-order valence-electron chi connectivity index (χ3n) is 3.80. The maximum absolute atomic E-state index is 12.6. The Kier molecular flexibility index (Phi) is 6.31. The van der Waals surface area contributed by atoms with Gasteiger partial charge in [0.2, 0.25) is 5.91 Å². The number of amides is 2. The molecule has 1 aromatic carbocycles. The summed E-state index contributed by atoms with van der Waals surface area (Å²) in [4.78, 5) is 31.0. The molecule has 8 heteroatoms. The van der Waals surface area contributed by atoms with E-state index in [0.717, 1.165) is 10.0 Å². The Morgan fingerprint density at radius 2 is 2.07 bits per heavy atom. The van der Waals surface area contributed by atoms with Crippen molar-refractivity contribution in [2.45, 2.75) is 17.8 Å². The highest BCUT2D eigenvalue weighted by Crippen LogP contribution is 2.25. The molecule has 0 spiro atoms. The number of aromatic nitrogens is 1. The molecule has 0 bridgehead atoms. The van der Waals surface area contributed by atoms with Gasteiger partial charge in [-0.15, -0.1) is 11.3 Å². The highest BCUT2D eigenvalue weighted by atomic mass is 32.2. The van der Waals surface area contributed by atoms with Gasteiger partial charge in [-0.25, -0.2) is 4.98 Å². The molecule has 6 nitrogen and oxygen atoms in total. The van der Waals surface area contributed by atoms with E-state index in [2.05, 4.69) is 10.3 Å². The lowest BCUT2D eigenvalue weighted by molar-refractivity contribution is -0.115. The van der Waals surface area contributed by atoms with Gasteiger partial charge in [0.15, 0.2) is 4.34 Å². The lowest BCUT2D eigenvalue weighted by atomic mass is 10.1. The van der Waals surface area contributed by atoms with Crippen molar-refractivity contribution in [1.82, 2.24) is 10.3 Å². The van der Waals surface area contributed by atoms with Crippen molar-refractivity contribution in [3.05, 3.63) is 65.1 Å². The average molecular weight is 402 g/mol. The largest absolute Gasteiger partial charge is 0.467 e. The zero-order chi connectivity index (χ0) is 19.2. The Balaban J connectivity index is 1.66. The molecule has 27 heavy (non-hydrogen) atoms. The van der Waals surface area contributed by atoms with Crippen molar-refractivity contribution in [3.8, 4) is 0 Å². The van der Waals surface area contributed by atoms with Gasteiger partial charge in [-0.2, -0.15) is 0 Å². The number of rotatable bonds is 7. The summed E-state index contributed by atoms with van der Waals surface area (Å²) in [5.74, 6) is 0.565. The third-order valence-corrected chi connectivity index (χ3v) is 5.93. The van der Waals surface area contributed by atoms with Crippen molar-refractivity contribution >= 4 is 40.6 Å². The molecule has 140 valence electrons. The fourth-order valence-electron chi connectivity index (χ4n) is 2.39. The first kappa shape index (κ1) is 19.2. The van der Waals surface area contributed by atoms with Gasteiger partial charge in [-0.1, -0.05) is 23.9 Å². The Labute approximate surface area is 165 Å². The van der Waals surface area contributed by atoms with Crippen LogP contribution in [-0.2, 0) is 11.3 Å². The van der Waals surface area contributed by atoms with Crippen LogP contribution in [0.1, 0.15) is 21.8 Å². The molecule has 0 aliphatic carbocycles. The molecule has 0 radical (unpaired) electrons. The van der Waals surface area contributed by atoms with E-state index in [0.29, 0.717) is 17.0 Å². The molecule has 2 heterocycles. The van der Waals surface area contributed by atoms with Gasteiger partial charge >= 0.3 is 0 Å². The Morgan fingerprint density at radius 1 is 1.26 bits per heavy atom. The van der Waals surface area contributed by atoms with Gasteiger partial charge in [-0.05, 0) is 31.2 Å². The normalized spacial score (nSPS) is 10.6. The molecule has 3 aromatic rings. The maximum atomic E-state index is 12.6. The Hall–Kier alpha value is -2.58. The molecule has 1 N–H and O–H groups in total. The van der Waals surface area contributed by atoms with Gasteiger partial charge in [0.25, 0.3) is 5.91 Å². The number of carbonyl (C=O) groups excluding carboxylic acids is 2. The minimum atomic E-state index is -0.259. The molecule has 2 aromatic heterocycles. The molecule has 0 saturated carbocycles. The van der Waals surface area contributed by atoms with Crippen LogP contribution in [0.5, 0.6) is 0 Å². The minimum absolute atomic E-state index is 0.0980. The van der Waals surface area contributed by atoms with E-state index in [1.807, 2.05) is 12.3 Å². The Bertz CT molecular complexity index is 922. The summed E-state index contributed by atoms with van der Waals surface area (Å²) in [6.07, 6.45) is 1.56. The van der Waals surface area contributed by atoms with Crippen molar-refractivity contribution in [1.29, 1.82) is 0 Å². The first-order valence-corrected chi connectivity index (χ1v) is 10.1. The number of nitrogens with zero attached hydrogens (tertiary/aromatic N) is 2. The van der Waals surface area contributed by atoms with Crippen molar-refractivity contribution < 1.29 is 14.0 Å². The predicted octanol–water partition coefficient (Wildman–Crippen LogP) is 3.73. The SMILES string of the molecule is Cc1csc(SCC(=O)N(C)c2ccccc2C(=O)NCc2ccco2)n1. The molecular weight excluding hydrogens is 382 g/mol. The van der Waals surface area contributed by atoms with E-state index in [1.165, 1.54) is 28.0 Å². The summed E-state index contributed by atoms with van der Waals surface area (Å²) in [7, 11) is 1.68. The summed E-state index contributed by atoms with van der Waals surface area (Å²) in [5.41, 5.74) is 1.95. The number of hydrogen-bond donors (Lipinski definition) is 1. The summed E-state index contributed by atoms with van der Waals surface area (Å²) in [6.45, 7) is 2.21. The first-order valence-electron chi connectivity index (χ1n) is 8.25. The molecule has 0 aliphatic rings. The number of carbonyl (C=O) groups is 2. The van der Waals surface area contributed by atoms with Gasteiger partial charge in [0.1, 0.15) is 5.76 Å². The number of aryl methyl sites for hydroxylation is 1. The molecule has 0 atom stereocenters. The average Bonchev–Trinajstić information content (AvgIpc) is 3.35. The Morgan fingerprint density at radius 3 is 2.78 bits per heavy atom. The van der Waals surface area contributed by atoms with Crippen LogP contribution in [0.15, 0.2) is 56.8 Å². The number of furan rings is 1. The van der Waals surface area contributed by atoms with Crippen molar-refractivity contribution in [2.75, 3.05) is 17.7 Å². The third kappa shape index (κ3) is 4.99. The quantitative estimate of drug-likeness (QED) is 0.611. The second-order valence-corrected chi connectivity index (χ2v) is 7.86. The van der Waals surface area contributed by atoms with Crippen LogP contribution in [0.3, 0.4) is 0 Å². The summed E-state index contributed by atoms with van der Waals surface area (Å²) < 4.78 is 6.08. The zero-order valence-electron chi connectivity index (χ0n) is 15.0. The fraction of sp³-hybridized carbons (Fsp3) is 0.211. The molecule has 3 rings (SSSR count). The fourth-order valence-corrected chi connectivity index (χ4v) is 4.15. The summed E-state index contributed by atoms with van der Waals surface area (Å²) in [5, 5.41) is 4.77. The summed E-state index contributed by atoms with van der Waals surface area (Å²) in [6, 6.07) is 10.6. The molecular formula is C19H19N3O3S2. The predicted molar refractivity (Wildman–Crippen MR) is 107 cm³/mol. The van der Waals surface area contributed by atoms with Crippen LogP contribution < -0.4 is 10.2 Å². The summed E-state index contributed by atoms with van der Waals surface area (Å²) >= 11 is 2.92. The minimum Gasteiger partial charge on any atom is -0.467 e. The van der Waals surface area contributed by atoms with Gasteiger partial charge in [0, 0.05) is 18.1 Å². The van der Waals surface area contributed by atoms with E-state index >= 15 is 0 Å². The van der Waals surface area contributed by atoms with E-state index in [-0.39, 0.29) is 24.1 Å². The van der Waals surface area contributed by atoms with E-state index in [9.17, 15) is 9.59 Å². The van der Waals surface area contributed by atoms with Crippen LogP contribution >= 0.6 is 23.1 Å². The molecule has 0 unspecified atom stereocenters. The zero-order valence-corrected chi connectivity index (χ0v) is 16.6. The lowest BCUT2D eigenvalue weighted by Crippen LogP contribution is -2.31. The first-order chi connectivity index (χ1) is 13.0. The second kappa shape index (κ2) is 8.88. The second-order valence-electron chi connectivity index (χ2n) is 5.78. The van der Waals surface area contributed by atoms with Crippen molar-refractivity contribution in [2.24, 2.45) is 0 Å². The number of nitrogens with one attached hydrogen (secondary N) is 1. The van der Waals surface area contributed by atoms with E-state index in [1.54, 1.807) is 49.7 Å². The van der Waals surface area contributed by atoms with E-state index < -0.39 is 0 Å². The standard InChI is InChI=1S/C19H19N3O3S2/c1-13-11-26-19(21-13)27-12-17(23)22(2)16-8-4-3-7-15(16)18(24)20-10-14-6-5-9-25-14/h3-9,11H,10,12H2,1-2H3,(H,20,24). The topological polar surface area (TPSA) is 75.4 Å². The number of thiazole rings is 1. The molecule has 0 fully saturated rings. The van der Waals surface area contributed by atoms with Crippen LogP contribution in [0.25, 0.3) is 0 Å². The highest BCUT2D eigenvalue weighted by Gasteiger charge is 2.19. The van der Waals surface area contributed by atoms with Crippen LogP contribution in [0.4, 0.5) is 5.69 Å².